The van der Waals surface area contributed by atoms with E-state index < -0.39 is 24.0 Å². The summed E-state index contributed by atoms with van der Waals surface area (Å²) in [6, 6.07) is 8.72. The minimum atomic E-state index is -0.772. The van der Waals surface area contributed by atoms with E-state index in [0.29, 0.717) is 12.1 Å². The number of ether oxygens (including phenoxy) is 6. The maximum absolute atomic E-state index is 12.0. The van der Waals surface area contributed by atoms with Crippen molar-refractivity contribution >= 4 is 11.8 Å². The molecular formula is C23H32N2O8. The topological polar surface area (TPSA) is 114 Å². The Morgan fingerprint density at radius 1 is 0.909 bits per heavy atom. The van der Waals surface area contributed by atoms with Gasteiger partial charge in [-0.05, 0) is 39.8 Å². The molecule has 2 N–H and O–H groups in total. The number of carbonyl (C=O) groups excluding carboxylic acids is 2. The van der Waals surface area contributed by atoms with Crippen molar-refractivity contribution < 1.29 is 38.0 Å². The van der Waals surface area contributed by atoms with Crippen LogP contribution in [-0.4, -0.2) is 80.4 Å². The first kappa shape index (κ1) is 24.1. The molecule has 3 heterocycles. The fourth-order valence-electron chi connectivity index (χ4n) is 4.20. The summed E-state index contributed by atoms with van der Waals surface area (Å²) >= 11 is 0. The lowest BCUT2D eigenvalue weighted by Gasteiger charge is -2.37. The monoisotopic (exact) mass is 464 g/mol. The van der Waals surface area contributed by atoms with Gasteiger partial charge in [0.05, 0.1) is 19.8 Å². The molecule has 0 radical (unpaired) electrons. The first-order valence-electron chi connectivity index (χ1n) is 11.2. The average Bonchev–Trinajstić information content (AvgIpc) is 3.26. The van der Waals surface area contributed by atoms with Gasteiger partial charge < -0.3 is 39.1 Å². The zero-order valence-electron chi connectivity index (χ0n) is 19.4. The van der Waals surface area contributed by atoms with Crippen molar-refractivity contribution in [3.05, 3.63) is 35.9 Å². The molecule has 33 heavy (non-hydrogen) atoms. The number of benzene rings is 1. The van der Waals surface area contributed by atoms with Crippen LogP contribution in [0.1, 0.15) is 38.1 Å². The van der Waals surface area contributed by atoms with Crippen molar-refractivity contribution in [3.63, 3.8) is 0 Å². The van der Waals surface area contributed by atoms with Crippen LogP contribution in [0, 0.1) is 0 Å². The lowest BCUT2D eigenvalue weighted by molar-refractivity contribution is -0.242. The van der Waals surface area contributed by atoms with E-state index in [4.69, 9.17) is 28.4 Å². The number of carbonyl (C=O) groups is 2. The Kier molecular flexibility index (Phi) is 7.04. The van der Waals surface area contributed by atoms with Crippen LogP contribution in [0.4, 0.5) is 0 Å². The smallest absolute Gasteiger partial charge is 0.251 e. The SMILES string of the molecule is CC1(C)O[C@H]2[C@@H](O1)[C@@H](COCCNC(=O)CNC(=O)c1ccccc1)O[C@@H]1OC(C)(C)O[C@@H]12. The Balaban J connectivity index is 1.19. The van der Waals surface area contributed by atoms with Gasteiger partial charge in [-0.2, -0.15) is 0 Å². The van der Waals surface area contributed by atoms with E-state index in [-0.39, 0.29) is 49.9 Å². The third kappa shape index (κ3) is 5.89. The third-order valence-electron chi connectivity index (χ3n) is 5.55. The van der Waals surface area contributed by atoms with Gasteiger partial charge in [0.1, 0.15) is 24.4 Å². The summed E-state index contributed by atoms with van der Waals surface area (Å²) < 4.78 is 35.8. The largest absolute Gasteiger partial charge is 0.377 e. The molecule has 10 nitrogen and oxygen atoms in total. The van der Waals surface area contributed by atoms with Crippen molar-refractivity contribution in [2.24, 2.45) is 0 Å². The Hall–Kier alpha value is -2.08. The van der Waals surface area contributed by atoms with E-state index in [2.05, 4.69) is 10.6 Å². The van der Waals surface area contributed by atoms with Gasteiger partial charge >= 0.3 is 0 Å². The first-order chi connectivity index (χ1) is 15.6. The van der Waals surface area contributed by atoms with Crippen molar-refractivity contribution in [1.82, 2.24) is 10.6 Å². The lowest BCUT2D eigenvalue weighted by atomic mass is 9.99. The molecule has 2 amide bonds. The molecule has 3 aliphatic rings. The maximum Gasteiger partial charge on any atom is 0.251 e. The van der Waals surface area contributed by atoms with E-state index in [1.165, 1.54) is 0 Å². The molecule has 3 fully saturated rings. The summed E-state index contributed by atoms with van der Waals surface area (Å²) in [5.74, 6) is -2.13. The fraction of sp³-hybridized carbons (Fsp3) is 0.652. The Morgan fingerprint density at radius 3 is 2.33 bits per heavy atom. The second kappa shape index (κ2) is 9.65. The predicted octanol–water partition coefficient (Wildman–Crippen LogP) is 0.946. The molecule has 0 bridgehead atoms. The zero-order chi connectivity index (χ0) is 23.6. The highest BCUT2D eigenvalue weighted by Gasteiger charge is 2.60. The minimum Gasteiger partial charge on any atom is -0.377 e. The van der Waals surface area contributed by atoms with Crippen LogP contribution in [0.15, 0.2) is 30.3 Å². The van der Waals surface area contributed by atoms with Gasteiger partial charge in [-0.1, -0.05) is 18.2 Å². The predicted molar refractivity (Wildman–Crippen MR) is 115 cm³/mol. The van der Waals surface area contributed by atoms with Gasteiger partial charge in [0.25, 0.3) is 5.91 Å². The van der Waals surface area contributed by atoms with Gasteiger partial charge in [0.15, 0.2) is 17.9 Å². The van der Waals surface area contributed by atoms with Gasteiger partial charge in [-0.25, -0.2) is 0 Å². The molecule has 3 aliphatic heterocycles. The quantitative estimate of drug-likeness (QED) is 0.547. The highest BCUT2D eigenvalue weighted by atomic mass is 16.9. The van der Waals surface area contributed by atoms with Crippen LogP contribution in [0.25, 0.3) is 0 Å². The minimum absolute atomic E-state index is 0.111. The van der Waals surface area contributed by atoms with E-state index in [1.54, 1.807) is 24.3 Å². The molecule has 1 aromatic rings. The summed E-state index contributed by atoms with van der Waals surface area (Å²) in [5, 5.41) is 5.30. The number of hydrogen-bond donors (Lipinski definition) is 2. The number of fused-ring (bicyclic) bond motifs is 3. The molecule has 0 aliphatic carbocycles. The molecule has 5 atom stereocenters. The van der Waals surface area contributed by atoms with Crippen LogP contribution in [0.2, 0.25) is 0 Å². The highest BCUT2D eigenvalue weighted by molar-refractivity contribution is 5.96. The van der Waals surface area contributed by atoms with E-state index in [9.17, 15) is 9.59 Å². The van der Waals surface area contributed by atoms with Gasteiger partial charge in [0.2, 0.25) is 5.91 Å². The summed E-state index contributed by atoms with van der Waals surface area (Å²) in [7, 11) is 0. The number of rotatable bonds is 8. The summed E-state index contributed by atoms with van der Waals surface area (Å²) in [6.07, 6.45) is -2.05. The second-order valence-corrected chi connectivity index (χ2v) is 9.18. The Morgan fingerprint density at radius 2 is 1.58 bits per heavy atom. The molecule has 1 aromatic carbocycles. The molecular weight excluding hydrogens is 432 g/mol. The van der Waals surface area contributed by atoms with Crippen LogP contribution in [0.3, 0.4) is 0 Å². The molecule has 10 heteroatoms. The van der Waals surface area contributed by atoms with Crippen LogP contribution < -0.4 is 10.6 Å². The molecule has 0 spiro atoms. The standard InChI is InChI=1S/C23H32N2O8/c1-22(2)30-17-15(29-21-19(18(17)31-22)32-23(3,4)33-21)13-28-11-10-24-16(26)12-25-20(27)14-8-6-5-7-9-14/h5-9,15,17-19,21H,10-13H2,1-4H3,(H,24,26)(H,25,27)/t15-,17+,18+,19-,21-/m1/s1. The number of nitrogens with one attached hydrogen (secondary N) is 2. The second-order valence-electron chi connectivity index (χ2n) is 9.18. The molecule has 3 saturated heterocycles. The molecule has 182 valence electrons. The maximum atomic E-state index is 12.0. The van der Waals surface area contributed by atoms with Crippen molar-refractivity contribution in [1.29, 1.82) is 0 Å². The van der Waals surface area contributed by atoms with Gasteiger partial charge in [0, 0.05) is 12.1 Å². The highest BCUT2D eigenvalue weighted by Crippen LogP contribution is 2.44. The number of hydrogen-bond acceptors (Lipinski definition) is 8. The van der Waals surface area contributed by atoms with E-state index in [1.807, 2.05) is 33.8 Å². The fourth-order valence-corrected chi connectivity index (χ4v) is 4.20. The molecule has 0 saturated carbocycles. The molecule has 0 unspecified atom stereocenters. The van der Waals surface area contributed by atoms with Crippen LogP contribution in [-0.2, 0) is 33.2 Å². The third-order valence-corrected chi connectivity index (χ3v) is 5.55. The van der Waals surface area contributed by atoms with E-state index in [0.717, 1.165) is 0 Å². The van der Waals surface area contributed by atoms with Gasteiger partial charge in [-0.3, -0.25) is 9.59 Å². The van der Waals surface area contributed by atoms with Crippen molar-refractivity contribution in [2.75, 3.05) is 26.3 Å². The number of amides is 2. The van der Waals surface area contributed by atoms with Crippen LogP contribution >= 0.6 is 0 Å². The lowest BCUT2D eigenvalue weighted by Crippen LogP contribution is -2.56. The molecule has 4 rings (SSSR count). The Labute approximate surface area is 193 Å². The average molecular weight is 465 g/mol. The van der Waals surface area contributed by atoms with Gasteiger partial charge in [-0.15, -0.1) is 0 Å². The van der Waals surface area contributed by atoms with E-state index >= 15 is 0 Å². The summed E-state index contributed by atoms with van der Waals surface area (Å²) in [5.41, 5.74) is 0.503. The van der Waals surface area contributed by atoms with Crippen LogP contribution in [0.5, 0.6) is 0 Å². The molecule has 0 aromatic heterocycles. The van der Waals surface area contributed by atoms with Crippen molar-refractivity contribution in [2.45, 2.75) is 70.0 Å². The summed E-state index contributed by atoms with van der Waals surface area (Å²) in [4.78, 5) is 24.0. The summed E-state index contributed by atoms with van der Waals surface area (Å²) in [6.45, 7) is 8.08. The Bertz CT molecular complexity index is 846. The zero-order valence-corrected chi connectivity index (χ0v) is 19.4. The normalized spacial score (nSPS) is 31.5. The first-order valence-corrected chi connectivity index (χ1v) is 11.2. The van der Waals surface area contributed by atoms with Crippen molar-refractivity contribution in [3.8, 4) is 0 Å².